The lowest BCUT2D eigenvalue weighted by atomic mass is 10.1. The molecule has 5 nitrogen and oxygen atoms in total. The van der Waals surface area contributed by atoms with Gasteiger partial charge in [0.15, 0.2) is 0 Å². The van der Waals surface area contributed by atoms with E-state index in [-0.39, 0.29) is 11.5 Å². The van der Waals surface area contributed by atoms with Gasteiger partial charge in [0.25, 0.3) is 5.91 Å². The van der Waals surface area contributed by atoms with Gasteiger partial charge in [0.1, 0.15) is 16.7 Å². The van der Waals surface area contributed by atoms with Gasteiger partial charge < -0.3 is 5.32 Å². The fraction of sp³-hybridized carbons (Fsp3) is 0.179. The lowest BCUT2D eigenvalue weighted by molar-refractivity contribution is -0.117. The molecule has 0 aromatic heterocycles. The molecule has 3 aromatic rings. The average molecular weight is 536 g/mol. The van der Waals surface area contributed by atoms with Crippen LogP contribution in [0.1, 0.15) is 22.3 Å². The number of benzene rings is 3. The lowest BCUT2D eigenvalue weighted by Crippen LogP contribution is -2.31. The van der Waals surface area contributed by atoms with Crippen molar-refractivity contribution in [3.05, 3.63) is 104 Å². The van der Waals surface area contributed by atoms with Gasteiger partial charge >= 0.3 is 0 Å². The first kappa shape index (κ1) is 25.8. The third-order valence-electron chi connectivity index (χ3n) is 6.05. The number of thioether (sulfide) groups is 1. The van der Waals surface area contributed by atoms with Crippen molar-refractivity contribution in [2.75, 3.05) is 10.2 Å². The number of nitriles is 1. The zero-order valence-corrected chi connectivity index (χ0v) is 22.3. The fourth-order valence-corrected chi connectivity index (χ4v) is 5.49. The van der Waals surface area contributed by atoms with E-state index in [9.17, 15) is 14.9 Å². The number of carbonyl (C=O) groups is 2. The molecular weight excluding hydrogens is 513 g/mol. The molecule has 1 saturated heterocycles. The molecule has 1 N–H and O–H groups in total. The van der Waals surface area contributed by atoms with Crippen LogP contribution in [0, 0.1) is 32.1 Å². The molecule has 1 atom stereocenters. The smallest absolute Gasteiger partial charge is 0.269 e. The number of para-hydroxylation sites is 1. The van der Waals surface area contributed by atoms with Crippen LogP contribution in [0.2, 0.25) is 10.0 Å². The first-order chi connectivity index (χ1) is 17.2. The van der Waals surface area contributed by atoms with E-state index in [0.717, 1.165) is 22.3 Å². The maximum absolute atomic E-state index is 13.7. The van der Waals surface area contributed by atoms with E-state index in [1.165, 1.54) is 16.7 Å². The molecule has 1 unspecified atom stereocenters. The number of nitrogens with one attached hydrogen (secondary N) is 1. The molecule has 0 spiro atoms. The van der Waals surface area contributed by atoms with Crippen LogP contribution in [0.25, 0.3) is 0 Å². The van der Waals surface area contributed by atoms with Crippen molar-refractivity contribution in [1.29, 1.82) is 5.26 Å². The summed E-state index contributed by atoms with van der Waals surface area (Å²) in [5.74, 6) is -0.771. The lowest BCUT2D eigenvalue weighted by Gasteiger charge is -2.20. The van der Waals surface area contributed by atoms with E-state index in [2.05, 4.69) is 5.32 Å². The van der Waals surface area contributed by atoms with Crippen LogP contribution >= 0.6 is 35.0 Å². The minimum absolute atomic E-state index is 0.119. The van der Waals surface area contributed by atoms with Crippen molar-refractivity contribution in [2.24, 2.45) is 0 Å². The second-order valence-corrected chi connectivity index (χ2v) is 10.6. The Hall–Kier alpha value is -3.24. The standard InChI is InChI=1S/C28H23Cl2N3O2S/c1-16-8-10-20(12-18(16)3)33-27(35)25(14-19-9-11-22(29)23(30)13-19)36-28(33)21(15-31)26(34)32-24-7-5-4-6-17(24)2/h4-13,25H,14H2,1-3H3,(H,32,34)/b28-21-. The SMILES string of the molecule is Cc1ccc(N2C(=O)C(Cc3ccc(Cl)c(Cl)c3)S/C2=C(/C#N)C(=O)Nc2ccccc2C)cc1C. The number of anilines is 2. The molecule has 4 rings (SSSR count). The molecule has 0 saturated carbocycles. The van der Waals surface area contributed by atoms with Crippen LogP contribution in [-0.2, 0) is 16.0 Å². The van der Waals surface area contributed by atoms with Crippen molar-refractivity contribution in [2.45, 2.75) is 32.4 Å². The highest BCUT2D eigenvalue weighted by atomic mass is 35.5. The zero-order valence-electron chi connectivity index (χ0n) is 19.9. The molecule has 1 heterocycles. The number of hydrogen-bond donors (Lipinski definition) is 1. The number of nitrogens with zero attached hydrogens (tertiary/aromatic N) is 2. The molecular formula is C28H23Cl2N3O2S. The van der Waals surface area contributed by atoms with Gasteiger partial charge in [0.2, 0.25) is 5.91 Å². The minimum atomic E-state index is -0.564. The van der Waals surface area contributed by atoms with Gasteiger partial charge in [0.05, 0.1) is 15.3 Å². The van der Waals surface area contributed by atoms with E-state index < -0.39 is 11.2 Å². The minimum Gasteiger partial charge on any atom is -0.321 e. The van der Waals surface area contributed by atoms with E-state index in [0.29, 0.717) is 32.9 Å². The summed E-state index contributed by atoms with van der Waals surface area (Å²) >= 11 is 13.4. The van der Waals surface area contributed by atoms with Crippen LogP contribution in [0.15, 0.2) is 71.3 Å². The van der Waals surface area contributed by atoms with Gasteiger partial charge in [-0.3, -0.25) is 14.5 Å². The summed E-state index contributed by atoms with van der Waals surface area (Å²) in [6.45, 7) is 5.82. The predicted octanol–water partition coefficient (Wildman–Crippen LogP) is 6.98. The summed E-state index contributed by atoms with van der Waals surface area (Å²) < 4.78 is 0. The molecule has 1 fully saturated rings. The third kappa shape index (κ3) is 5.29. The van der Waals surface area contributed by atoms with Crippen molar-refractivity contribution in [3.8, 4) is 6.07 Å². The molecule has 0 radical (unpaired) electrons. The molecule has 1 aliphatic rings. The van der Waals surface area contributed by atoms with E-state index in [1.807, 2.05) is 69.3 Å². The van der Waals surface area contributed by atoms with Crippen LogP contribution in [-0.4, -0.2) is 17.1 Å². The summed E-state index contributed by atoms with van der Waals surface area (Å²) in [6.07, 6.45) is 0.364. The molecule has 2 amide bonds. The van der Waals surface area contributed by atoms with E-state index in [1.54, 1.807) is 18.2 Å². The largest absolute Gasteiger partial charge is 0.321 e. The fourth-order valence-electron chi connectivity index (χ4n) is 3.87. The topological polar surface area (TPSA) is 73.2 Å². The number of amides is 2. The Morgan fingerprint density at radius 1 is 1.00 bits per heavy atom. The Balaban J connectivity index is 1.76. The van der Waals surface area contributed by atoms with Crippen LogP contribution in [0.4, 0.5) is 11.4 Å². The van der Waals surface area contributed by atoms with Gasteiger partial charge in [-0.2, -0.15) is 5.26 Å². The van der Waals surface area contributed by atoms with Gasteiger partial charge in [-0.25, -0.2) is 0 Å². The van der Waals surface area contributed by atoms with Gasteiger partial charge in [-0.1, -0.05) is 65.3 Å². The number of halogens is 2. The molecule has 182 valence electrons. The highest BCUT2D eigenvalue weighted by Gasteiger charge is 2.41. The quantitative estimate of drug-likeness (QED) is 0.282. The summed E-state index contributed by atoms with van der Waals surface area (Å²) in [5, 5.41) is 13.5. The number of aryl methyl sites for hydroxylation is 3. The number of rotatable bonds is 5. The maximum atomic E-state index is 13.7. The molecule has 8 heteroatoms. The van der Waals surface area contributed by atoms with E-state index in [4.69, 9.17) is 23.2 Å². The number of carbonyl (C=O) groups excluding carboxylic acids is 2. The summed E-state index contributed by atoms with van der Waals surface area (Å²) in [7, 11) is 0. The Labute approximate surface area is 224 Å². The summed E-state index contributed by atoms with van der Waals surface area (Å²) in [5.41, 5.74) is 4.88. The second kappa shape index (κ2) is 10.8. The van der Waals surface area contributed by atoms with E-state index >= 15 is 0 Å². The van der Waals surface area contributed by atoms with Crippen molar-refractivity contribution in [1.82, 2.24) is 0 Å². The monoisotopic (exact) mass is 535 g/mol. The predicted molar refractivity (Wildman–Crippen MR) is 147 cm³/mol. The molecule has 36 heavy (non-hydrogen) atoms. The third-order valence-corrected chi connectivity index (χ3v) is 8.05. The maximum Gasteiger partial charge on any atom is 0.269 e. The number of hydrogen-bond acceptors (Lipinski definition) is 4. The Morgan fingerprint density at radius 3 is 2.42 bits per heavy atom. The van der Waals surface area contributed by atoms with Gasteiger partial charge in [-0.15, -0.1) is 0 Å². The van der Waals surface area contributed by atoms with Crippen molar-refractivity contribution in [3.63, 3.8) is 0 Å². The normalized spacial score (nSPS) is 16.6. The first-order valence-electron chi connectivity index (χ1n) is 11.2. The van der Waals surface area contributed by atoms with Crippen LogP contribution in [0.5, 0.6) is 0 Å². The molecule has 0 bridgehead atoms. The summed E-state index contributed by atoms with van der Waals surface area (Å²) in [4.78, 5) is 28.4. The second-order valence-electron chi connectivity index (χ2n) is 8.56. The van der Waals surface area contributed by atoms with Crippen LogP contribution in [0.3, 0.4) is 0 Å². The van der Waals surface area contributed by atoms with Crippen molar-refractivity contribution < 1.29 is 9.59 Å². The van der Waals surface area contributed by atoms with Gasteiger partial charge in [-0.05, 0) is 79.8 Å². The Bertz CT molecular complexity index is 1440. The molecule has 1 aliphatic heterocycles. The first-order valence-corrected chi connectivity index (χ1v) is 12.9. The highest BCUT2D eigenvalue weighted by molar-refractivity contribution is 8.05. The molecule has 3 aromatic carbocycles. The summed E-state index contributed by atoms with van der Waals surface area (Å²) in [6, 6.07) is 20.3. The van der Waals surface area contributed by atoms with Crippen molar-refractivity contribution >= 4 is 58.2 Å². The average Bonchev–Trinajstić information content (AvgIpc) is 3.15. The molecule has 0 aliphatic carbocycles. The Kier molecular flexibility index (Phi) is 7.75. The Morgan fingerprint density at radius 2 is 1.75 bits per heavy atom. The van der Waals surface area contributed by atoms with Gasteiger partial charge in [0, 0.05) is 11.4 Å². The zero-order chi connectivity index (χ0) is 26.0. The van der Waals surface area contributed by atoms with Crippen LogP contribution < -0.4 is 10.2 Å². The highest BCUT2D eigenvalue weighted by Crippen LogP contribution is 2.42.